The molecule has 118 valence electrons. The van der Waals surface area contributed by atoms with Crippen molar-refractivity contribution in [3.8, 4) is 11.5 Å². The highest BCUT2D eigenvalue weighted by atomic mass is 16.5. The molecule has 1 aromatic heterocycles. The van der Waals surface area contributed by atoms with E-state index in [1.165, 1.54) is 0 Å². The summed E-state index contributed by atoms with van der Waals surface area (Å²) in [6, 6.07) is 15.6. The molecule has 0 aliphatic heterocycles. The Hall–Kier alpha value is -2.82. The molecule has 0 spiro atoms. The van der Waals surface area contributed by atoms with Crippen LogP contribution < -0.4 is 14.8 Å². The van der Waals surface area contributed by atoms with Crippen LogP contribution >= 0.6 is 0 Å². The maximum Gasteiger partial charge on any atom is 0.161 e. The van der Waals surface area contributed by atoms with Crippen molar-refractivity contribution in [2.75, 3.05) is 19.0 Å². The van der Waals surface area contributed by atoms with Gasteiger partial charge in [-0.15, -0.1) is 0 Å². The van der Waals surface area contributed by atoms with E-state index >= 15 is 0 Å². The third-order valence-electron chi connectivity index (χ3n) is 3.48. The van der Waals surface area contributed by atoms with Crippen LogP contribution in [0.3, 0.4) is 0 Å². The first-order chi connectivity index (χ1) is 11.3. The predicted molar refractivity (Wildman–Crippen MR) is 91.1 cm³/mol. The number of nitrogens with one attached hydrogen (secondary N) is 1. The van der Waals surface area contributed by atoms with Crippen molar-refractivity contribution in [3.63, 3.8) is 0 Å². The van der Waals surface area contributed by atoms with Crippen LogP contribution in [0.5, 0.6) is 11.5 Å². The second-order valence-electron chi connectivity index (χ2n) is 5.25. The van der Waals surface area contributed by atoms with Crippen molar-refractivity contribution >= 4 is 16.7 Å². The molecular formula is C18H19N3O2. The van der Waals surface area contributed by atoms with Crippen LogP contribution in [0.15, 0.2) is 54.9 Å². The van der Waals surface area contributed by atoms with Crippen LogP contribution in [-0.2, 0) is 0 Å². The summed E-state index contributed by atoms with van der Waals surface area (Å²) < 4.78 is 11.1. The minimum absolute atomic E-state index is 0.0817. The zero-order valence-corrected chi connectivity index (χ0v) is 13.2. The molecule has 0 aliphatic rings. The standard InChI is InChI=1S/C18H19N3O2/c1-13(11-23-17-10-6-5-9-16(17)22-2)21-18-14-7-3-4-8-15(14)19-12-20-18/h3-10,12-13H,11H2,1-2H3,(H,19,20,21). The third kappa shape index (κ3) is 3.51. The molecule has 0 saturated carbocycles. The quantitative estimate of drug-likeness (QED) is 0.755. The Morgan fingerprint density at radius 1 is 1.00 bits per heavy atom. The van der Waals surface area contributed by atoms with Gasteiger partial charge in [0.15, 0.2) is 11.5 Å². The molecule has 1 atom stereocenters. The third-order valence-corrected chi connectivity index (χ3v) is 3.48. The molecule has 5 nitrogen and oxygen atoms in total. The zero-order valence-electron chi connectivity index (χ0n) is 13.2. The molecular weight excluding hydrogens is 290 g/mol. The smallest absolute Gasteiger partial charge is 0.161 e. The minimum Gasteiger partial charge on any atom is -0.493 e. The first kappa shape index (κ1) is 15.1. The van der Waals surface area contributed by atoms with E-state index in [4.69, 9.17) is 9.47 Å². The van der Waals surface area contributed by atoms with Gasteiger partial charge in [0, 0.05) is 5.39 Å². The van der Waals surface area contributed by atoms with E-state index in [1.54, 1.807) is 13.4 Å². The largest absolute Gasteiger partial charge is 0.493 e. The second-order valence-corrected chi connectivity index (χ2v) is 5.25. The topological polar surface area (TPSA) is 56.3 Å². The van der Waals surface area contributed by atoms with Crippen LogP contribution in [0.1, 0.15) is 6.92 Å². The normalized spacial score (nSPS) is 11.9. The Morgan fingerprint density at radius 3 is 2.57 bits per heavy atom. The van der Waals surface area contributed by atoms with Crippen LogP contribution in [0.2, 0.25) is 0 Å². The number of benzene rings is 2. The summed E-state index contributed by atoms with van der Waals surface area (Å²) >= 11 is 0. The number of hydrogen-bond donors (Lipinski definition) is 1. The van der Waals surface area contributed by atoms with Crippen LogP contribution in [0.25, 0.3) is 10.9 Å². The molecule has 0 radical (unpaired) electrons. The van der Waals surface area contributed by atoms with Crippen LogP contribution in [-0.4, -0.2) is 29.7 Å². The van der Waals surface area contributed by atoms with Crippen LogP contribution in [0, 0.1) is 0 Å². The van der Waals surface area contributed by atoms with E-state index in [9.17, 15) is 0 Å². The molecule has 3 rings (SSSR count). The lowest BCUT2D eigenvalue weighted by Gasteiger charge is -2.17. The highest BCUT2D eigenvalue weighted by molar-refractivity contribution is 5.88. The lowest BCUT2D eigenvalue weighted by atomic mass is 10.2. The second kappa shape index (κ2) is 6.96. The predicted octanol–water partition coefficient (Wildman–Crippen LogP) is 3.52. The molecule has 1 heterocycles. The Kier molecular flexibility index (Phi) is 4.57. The van der Waals surface area contributed by atoms with E-state index in [-0.39, 0.29) is 6.04 Å². The Morgan fingerprint density at radius 2 is 1.74 bits per heavy atom. The van der Waals surface area contributed by atoms with Gasteiger partial charge >= 0.3 is 0 Å². The van der Waals surface area contributed by atoms with Gasteiger partial charge in [0.2, 0.25) is 0 Å². The molecule has 1 N–H and O–H groups in total. The Bertz CT molecular complexity index is 787. The molecule has 1 unspecified atom stereocenters. The van der Waals surface area contributed by atoms with E-state index in [0.29, 0.717) is 6.61 Å². The lowest BCUT2D eigenvalue weighted by Crippen LogP contribution is -2.24. The summed E-state index contributed by atoms with van der Waals surface area (Å²) in [5, 5.41) is 4.37. The summed E-state index contributed by atoms with van der Waals surface area (Å²) in [5.41, 5.74) is 0.919. The van der Waals surface area contributed by atoms with E-state index in [2.05, 4.69) is 15.3 Å². The monoisotopic (exact) mass is 309 g/mol. The van der Waals surface area contributed by atoms with E-state index in [0.717, 1.165) is 28.2 Å². The maximum atomic E-state index is 5.84. The lowest BCUT2D eigenvalue weighted by molar-refractivity contribution is 0.284. The van der Waals surface area contributed by atoms with Crippen molar-refractivity contribution in [1.82, 2.24) is 9.97 Å². The van der Waals surface area contributed by atoms with Crippen molar-refractivity contribution in [2.24, 2.45) is 0 Å². The van der Waals surface area contributed by atoms with Gasteiger partial charge in [0.05, 0.1) is 18.7 Å². The summed E-state index contributed by atoms with van der Waals surface area (Å²) in [5.74, 6) is 2.27. The van der Waals surface area contributed by atoms with Gasteiger partial charge in [-0.1, -0.05) is 24.3 Å². The first-order valence-electron chi connectivity index (χ1n) is 7.50. The summed E-state index contributed by atoms with van der Waals surface area (Å²) in [6.45, 7) is 2.55. The number of rotatable bonds is 6. The Balaban J connectivity index is 1.68. The zero-order chi connectivity index (χ0) is 16.1. The van der Waals surface area contributed by atoms with Gasteiger partial charge in [0.25, 0.3) is 0 Å². The van der Waals surface area contributed by atoms with Gasteiger partial charge in [-0.05, 0) is 31.2 Å². The summed E-state index contributed by atoms with van der Waals surface area (Å²) in [7, 11) is 1.64. The highest BCUT2D eigenvalue weighted by Gasteiger charge is 2.09. The first-order valence-corrected chi connectivity index (χ1v) is 7.50. The Labute approximate surface area is 135 Å². The van der Waals surface area contributed by atoms with Gasteiger partial charge < -0.3 is 14.8 Å². The number of anilines is 1. The molecule has 0 bridgehead atoms. The number of aromatic nitrogens is 2. The molecule has 3 aromatic rings. The summed E-state index contributed by atoms with van der Waals surface area (Å²) in [6.07, 6.45) is 1.57. The number of para-hydroxylation sites is 3. The number of ether oxygens (including phenoxy) is 2. The minimum atomic E-state index is 0.0817. The van der Waals surface area contributed by atoms with Gasteiger partial charge in [-0.25, -0.2) is 9.97 Å². The molecule has 0 aliphatic carbocycles. The molecule has 0 saturated heterocycles. The average molecular weight is 309 g/mol. The van der Waals surface area contributed by atoms with Crippen molar-refractivity contribution in [2.45, 2.75) is 13.0 Å². The van der Waals surface area contributed by atoms with Gasteiger partial charge in [-0.3, -0.25) is 0 Å². The number of fused-ring (bicyclic) bond motifs is 1. The fraction of sp³-hybridized carbons (Fsp3) is 0.222. The van der Waals surface area contributed by atoms with Crippen LogP contribution in [0.4, 0.5) is 5.82 Å². The molecule has 0 amide bonds. The number of nitrogens with zero attached hydrogens (tertiary/aromatic N) is 2. The number of methoxy groups -OCH3 is 1. The van der Waals surface area contributed by atoms with Gasteiger partial charge in [0.1, 0.15) is 18.8 Å². The molecule has 5 heteroatoms. The molecule has 2 aromatic carbocycles. The highest BCUT2D eigenvalue weighted by Crippen LogP contribution is 2.26. The SMILES string of the molecule is COc1ccccc1OCC(C)Nc1ncnc2ccccc12. The van der Waals surface area contributed by atoms with Crippen molar-refractivity contribution in [3.05, 3.63) is 54.9 Å². The molecule has 23 heavy (non-hydrogen) atoms. The van der Waals surface area contributed by atoms with Crippen molar-refractivity contribution < 1.29 is 9.47 Å². The molecule has 0 fully saturated rings. The van der Waals surface area contributed by atoms with E-state index < -0.39 is 0 Å². The summed E-state index contributed by atoms with van der Waals surface area (Å²) in [4.78, 5) is 8.60. The fourth-order valence-corrected chi connectivity index (χ4v) is 2.35. The van der Waals surface area contributed by atoms with E-state index in [1.807, 2.05) is 55.5 Å². The fourth-order valence-electron chi connectivity index (χ4n) is 2.35. The average Bonchev–Trinajstić information content (AvgIpc) is 2.60. The van der Waals surface area contributed by atoms with Gasteiger partial charge in [-0.2, -0.15) is 0 Å². The number of hydrogen-bond acceptors (Lipinski definition) is 5. The van der Waals surface area contributed by atoms with Crippen molar-refractivity contribution in [1.29, 1.82) is 0 Å². The maximum absolute atomic E-state index is 5.84.